The second-order valence-electron chi connectivity index (χ2n) is 4.25. The molecule has 0 aliphatic carbocycles. The van der Waals surface area contributed by atoms with E-state index in [1.54, 1.807) is 10.6 Å². The maximum Gasteiger partial charge on any atom is 0.256 e. The minimum absolute atomic E-state index is 0.178. The van der Waals surface area contributed by atoms with Gasteiger partial charge in [-0.05, 0) is 25.8 Å². The molecule has 1 unspecified atom stereocenters. The highest BCUT2D eigenvalue weighted by Crippen LogP contribution is 2.14. The summed E-state index contributed by atoms with van der Waals surface area (Å²) in [7, 11) is 0. The number of anilines is 1. The van der Waals surface area contributed by atoms with Crippen LogP contribution in [0.15, 0.2) is 12.3 Å². The Labute approximate surface area is 103 Å². The number of aromatic nitrogens is 4. The minimum atomic E-state index is -0.379. The van der Waals surface area contributed by atoms with Crippen LogP contribution in [0.2, 0.25) is 0 Å². The molecule has 0 aromatic carbocycles. The van der Waals surface area contributed by atoms with Gasteiger partial charge in [0.25, 0.3) is 11.7 Å². The second kappa shape index (κ2) is 4.34. The van der Waals surface area contributed by atoms with Gasteiger partial charge < -0.3 is 4.74 Å². The number of carbonyl (C=O) groups excluding carboxylic acids is 1. The number of aryl methyl sites for hydroxylation is 1. The van der Waals surface area contributed by atoms with Gasteiger partial charge >= 0.3 is 0 Å². The van der Waals surface area contributed by atoms with Crippen LogP contribution in [0.4, 0.5) is 5.95 Å². The summed E-state index contributed by atoms with van der Waals surface area (Å²) in [6.45, 7) is 2.51. The predicted octanol–water partition coefficient (Wildman–Crippen LogP) is 0.550. The zero-order valence-electron chi connectivity index (χ0n) is 9.96. The van der Waals surface area contributed by atoms with Crippen LogP contribution in [0.3, 0.4) is 0 Å². The fourth-order valence-corrected chi connectivity index (χ4v) is 1.93. The highest BCUT2D eigenvalue weighted by Gasteiger charge is 2.24. The van der Waals surface area contributed by atoms with Crippen LogP contribution in [-0.2, 0) is 9.53 Å². The molecule has 1 aliphatic heterocycles. The largest absolute Gasteiger partial charge is 0.368 e. The second-order valence-corrected chi connectivity index (χ2v) is 4.25. The average Bonchev–Trinajstić information content (AvgIpc) is 2.98. The quantitative estimate of drug-likeness (QED) is 0.838. The number of hydrogen-bond donors (Lipinski definition) is 1. The maximum atomic E-state index is 11.9. The van der Waals surface area contributed by atoms with E-state index in [4.69, 9.17) is 4.74 Å². The van der Waals surface area contributed by atoms with Crippen LogP contribution in [-0.4, -0.2) is 38.2 Å². The number of fused-ring (bicyclic) bond motifs is 1. The first kappa shape index (κ1) is 11.1. The SMILES string of the molecule is Cc1ccn2c(NC(=O)C3CCCO3)nnc2n1. The van der Waals surface area contributed by atoms with Gasteiger partial charge in [-0.15, -0.1) is 10.2 Å². The van der Waals surface area contributed by atoms with Crippen molar-refractivity contribution in [2.24, 2.45) is 0 Å². The lowest BCUT2D eigenvalue weighted by Gasteiger charge is -2.08. The summed E-state index contributed by atoms with van der Waals surface area (Å²) < 4.78 is 6.95. The third-order valence-corrected chi connectivity index (χ3v) is 2.88. The maximum absolute atomic E-state index is 11.9. The molecule has 3 rings (SSSR count). The summed E-state index contributed by atoms with van der Waals surface area (Å²) in [5.74, 6) is 0.665. The van der Waals surface area contributed by atoms with Crippen LogP contribution in [0, 0.1) is 6.92 Å². The fraction of sp³-hybridized carbons (Fsp3) is 0.455. The van der Waals surface area contributed by atoms with E-state index < -0.39 is 0 Å². The molecule has 94 valence electrons. The van der Waals surface area contributed by atoms with E-state index in [1.165, 1.54) is 0 Å². The predicted molar refractivity (Wildman–Crippen MR) is 63.1 cm³/mol. The number of ether oxygens (including phenoxy) is 1. The molecule has 2 aromatic heterocycles. The molecule has 0 radical (unpaired) electrons. The normalized spacial score (nSPS) is 19.3. The molecule has 0 spiro atoms. The van der Waals surface area contributed by atoms with Crippen molar-refractivity contribution >= 4 is 17.6 Å². The van der Waals surface area contributed by atoms with Crippen molar-refractivity contribution < 1.29 is 9.53 Å². The number of amides is 1. The van der Waals surface area contributed by atoms with Crippen molar-refractivity contribution in [1.29, 1.82) is 0 Å². The van der Waals surface area contributed by atoms with E-state index in [0.717, 1.165) is 18.5 Å². The molecular formula is C11H13N5O2. The zero-order chi connectivity index (χ0) is 12.5. The summed E-state index contributed by atoms with van der Waals surface area (Å²) in [5, 5.41) is 10.5. The number of carbonyl (C=O) groups is 1. The standard InChI is InChI=1S/C11H13N5O2/c1-7-4-5-16-10(12-7)14-15-11(16)13-9(17)8-3-2-6-18-8/h4-5,8H,2-3,6H2,1H3,(H,13,15,17). The van der Waals surface area contributed by atoms with E-state index in [0.29, 0.717) is 18.3 Å². The Morgan fingerprint density at radius 3 is 3.22 bits per heavy atom. The van der Waals surface area contributed by atoms with Gasteiger partial charge in [0.15, 0.2) is 0 Å². The zero-order valence-corrected chi connectivity index (χ0v) is 9.96. The van der Waals surface area contributed by atoms with Crippen molar-refractivity contribution in [3.63, 3.8) is 0 Å². The van der Waals surface area contributed by atoms with Gasteiger partial charge in [-0.1, -0.05) is 0 Å². The van der Waals surface area contributed by atoms with E-state index in [9.17, 15) is 4.79 Å². The first-order chi connectivity index (χ1) is 8.74. The lowest BCUT2D eigenvalue weighted by atomic mass is 10.2. The molecule has 0 saturated carbocycles. The van der Waals surface area contributed by atoms with Crippen molar-refractivity contribution in [3.8, 4) is 0 Å². The lowest BCUT2D eigenvalue weighted by Crippen LogP contribution is -2.27. The fourth-order valence-electron chi connectivity index (χ4n) is 1.93. The Bertz CT molecular complexity index is 588. The molecule has 1 aliphatic rings. The van der Waals surface area contributed by atoms with Crippen LogP contribution < -0.4 is 5.32 Å². The number of nitrogens with zero attached hydrogens (tertiary/aromatic N) is 4. The van der Waals surface area contributed by atoms with Gasteiger partial charge in [0.1, 0.15) is 6.10 Å². The molecule has 3 heterocycles. The smallest absolute Gasteiger partial charge is 0.256 e. The van der Waals surface area contributed by atoms with Crippen LogP contribution in [0.5, 0.6) is 0 Å². The summed E-state index contributed by atoms with van der Waals surface area (Å²) in [4.78, 5) is 16.1. The molecule has 1 atom stereocenters. The van der Waals surface area contributed by atoms with Gasteiger partial charge in [0, 0.05) is 18.5 Å². The van der Waals surface area contributed by atoms with Gasteiger partial charge in [0.2, 0.25) is 5.95 Å². The molecule has 7 heteroatoms. The molecular weight excluding hydrogens is 234 g/mol. The van der Waals surface area contributed by atoms with Crippen molar-refractivity contribution in [2.75, 3.05) is 11.9 Å². The Kier molecular flexibility index (Phi) is 2.67. The van der Waals surface area contributed by atoms with E-state index >= 15 is 0 Å². The molecule has 1 amide bonds. The first-order valence-corrected chi connectivity index (χ1v) is 5.85. The highest BCUT2D eigenvalue weighted by molar-refractivity contribution is 5.93. The summed E-state index contributed by atoms with van der Waals surface area (Å²) in [6.07, 6.45) is 3.07. The first-order valence-electron chi connectivity index (χ1n) is 5.85. The molecule has 0 bridgehead atoms. The van der Waals surface area contributed by atoms with E-state index in [-0.39, 0.29) is 12.0 Å². The van der Waals surface area contributed by atoms with Crippen LogP contribution in [0.25, 0.3) is 5.78 Å². The molecule has 1 fully saturated rings. The van der Waals surface area contributed by atoms with E-state index in [2.05, 4.69) is 20.5 Å². The molecule has 1 saturated heterocycles. The number of nitrogens with one attached hydrogen (secondary N) is 1. The number of hydrogen-bond acceptors (Lipinski definition) is 5. The Morgan fingerprint density at radius 1 is 1.56 bits per heavy atom. The van der Waals surface area contributed by atoms with Crippen molar-refractivity contribution in [1.82, 2.24) is 19.6 Å². The van der Waals surface area contributed by atoms with E-state index in [1.807, 2.05) is 13.0 Å². The van der Waals surface area contributed by atoms with Crippen LogP contribution in [0.1, 0.15) is 18.5 Å². The topological polar surface area (TPSA) is 81.4 Å². The average molecular weight is 247 g/mol. The Hall–Kier alpha value is -2.02. The van der Waals surface area contributed by atoms with Crippen molar-refractivity contribution in [3.05, 3.63) is 18.0 Å². The molecule has 2 aromatic rings. The van der Waals surface area contributed by atoms with Gasteiger partial charge in [0.05, 0.1) is 0 Å². The summed E-state index contributed by atoms with van der Waals surface area (Å²) >= 11 is 0. The third kappa shape index (κ3) is 1.92. The monoisotopic (exact) mass is 247 g/mol. The van der Waals surface area contributed by atoms with Gasteiger partial charge in [-0.25, -0.2) is 4.98 Å². The van der Waals surface area contributed by atoms with Gasteiger partial charge in [-0.2, -0.15) is 0 Å². The summed E-state index contributed by atoms with van der Waals surface area (Å²) in [6, 6.07) is 1.83. The third-order valence-electron chi connectivity index (χ3n) is 2.88. The Morgan fingerprint density at radius 2 is 2.44 bits per heavy atom. The highest BCUT2D eigenvalue weighted by atomic mass is 16.5. The lowest BCUT2D eigenvalue weighted by molar-refractivity contribution is -0.124. The molecule has 1 N–H and O–H groups in total. The van der Waals surface area contributed by atoms with Crippen molar-refractivity contribution in [2.45, 2.75) is 25.9 Å². The van der Waals surface area contributed by atoms with Crippen LogP contribution >= 0.6 is 0 Å². The minimum Gasteiger partial charge on any atom is -0.368 e. The summed E-state index contributed by atoms with van der Waals surface area (Å²) in [5.41, 5.74) is 0.854. The molecule has 7 nitrogen and oxygen atoms in total. The number of rotatable bonds is 2. The Balaban J connectivity index is 1.84. The molecule has 18 heavy (non-hydrogen) atoms. The van der Waals surface area contributed by atoms with Gasteiger partial charge in [-0.3, -0.25) is 14.5 Å².